The van der Waals surface area contributed by atoms with Crippen LogP contribution in [0.3, 0.4) is 0 Å². The topological polar surface area (TPSA) is 67.0 Å². The summed E-state index contributed by atoms with van der Waals surface area (Å²) in [5.74, 6) is -0.603. The molecule has 0 unspecified atom stereocenters. The Balaban J connectivity index is 1.52. The Kier molecular flexibility index (Phi) is 7.86. The maximum Gasteiger partial charge on any atom is 0.416 e. The van der Waals surface area contributed by atoms with Crippen molar-refractivity contribution in [2.24, 2.45) is 0 Å². The molecule has 5 nitrogen and oxygen atoms in total. The second-order valence-electron chi connectivity index (χ2n) is 8.74. The van der Waals surface area contributed by atoms with Crippen LogP contribution >= 0.6 is 0 Å². The van der Waals surface area contributed by atoms with E-state index in [1.54, 1.807) is 36.4 Å². The first kappa shape index (κ1) is 27.2. The van der Waals surface area contributed by atoms with E-state index in [-0.39, 0.29) is 23.7 Å². The van der Waals surface area contributed by atoms with Crippen LogP contribution in [-0.4, -0.2) is 10.5 Å². The van der Waals surface area contributed by atoms with Crippen molar-refractivity contribution >= 4 is 17.7 Å². The number of hydrogen-bond donors (Lipinski definition) is 1. The summed E-state index contributed by atoms with van der Waals surface area (Å²) in [5, 5.41) is 11.9. The third-order valence-corrected chi connectivity index (χ3v) is 6.03. The van der Waals surface area contributed by atoms with Crippen LogP contribution in [0.2, 0.25) is 0 Å². The van der Waals surface area contributed by atoms with Crippen LogP contribution in [0.5, 0.6) is 5.75 Å². The van der Waals surface area contributed by atoms with E-state index in [1.807, 2.05) is 36.6 Å². The van der Waals surface area contributed by atoms with E-state index >= 15 is 0 Å². The van der Waals surface area contributed by atoms with Crippen molar-refractivity contribution in [3.8, 4) is 17.5 Å². The van der Waals surface area contributed by atoms with Crippen molar-refractivity contribution in [3.05, 3.63) is 118 Å². The van der Waals surface area contributed by atoms with Gasteiger partial charge >= 0.3 is 6.18 Å². The van der Waals surface area contributed by atoms with Gasteiger partial charge in [-0.1, -0.05) is 24.3 Å². The summed E-state index contributed by atoms with van der Waals surface area (Å²) in [6.45, 7) is 3.77. The number of carbonyl (C=O) groups is 1. The van der Waals surface area contributed by atoms with Crippen molar-refractivity contribution in [2.45, 2.75) is 26.6 Å². The number of ether oxygens (including phenoxy) is 1. The lowest BCUT2D eigenvalue weighted by atomic mass is 10.1. The predicted octanol–water partition coefficient (Wildman–Crippen LogP) is 7.38. The van der Waals surface area contributed by atoms with E-state index in [0.29, 0.717) is 16.9 Å². The fraction of sp³-hybridized carbons (Fsp3) is 0.133. The van der Waals surface area contributed by atoms with Crippen molar-refractivity contribution in [1.29, 1.82) is 5.26 Å². The average molecular weight is 534 g/mol. The highest BCUT2D eigenvalue weighted by molar-refractivity contribution is 6.09. The van der Waals surface area contributed by atoms with Crippen LogP contribution in [0, 0.1) is 31.0 Å². The van der Waals surface area contributed by atoms with Crippen LogP contribution in [-0.2, 0) is 17.6 Å². The van der Waals surface area contributed by atoms with E-state index in [1.165, 1.54) is 24.3 Å². The van der Waals surface area contributed by atoms with Crippen LogP contribution in [0.1, 0.15) is 28.1 Å². The van der Waals surface area contributed by atoms with E-state index < -0.39 is 17.6 Å². The van der Waals surface area contributed by atoms with Crippen LogP contribution < -0.4 is 10.1 Å². The van der Waals surface area contributed by atoms with Gasteiger partial charge < -0.3 is 14.6 Å². The molecule has 0 spiro atoms. The second-order valence-corrected chi connectivity index (χ2v) is 8.74. The number of amides is 1. The highest BCUT2D eigenvalue weighted by atomic mass is 19.4. The van der Waals surface area contributed by atoms with Crippen molar-refractivity contribution in [1.82, 2.24) is 4.57 Å². The zero-order valence-corrected chi connectivity index (χ0v) is 21.0. The number of halogens is 4. The molecular weight excluding hydrogens is 510 g/mol. The zero-order chi connectivity index (χ0) is 28.2. The molecular formula is C30H23F4N3O2. The molecule has 0 fully saturated rings. The number of carbonyl (C=O) groups excluding carboxylic acids is 1. The number of rotatable bonds is 7. The van der Waals surface area contributed by atoms with Crippen molar-refractivity contribution in [3.63, 3.8) is 0 Å². The Morgan fingerprint density at radius 1 is 1.03 bits per heavy atom. The zero-order valence-electron chi connectivity index (χ0n) is 21.0. The third-order valence-electron chi connectivity index (χ3n) is 6.03. The SMILES string of the molecule is Cc1cc(/C=C(/C#N)C(=O)Nc2cccc(C(F)(F)F)c2)c(C)n1-c1ccc(OCc2ccccc2F)cc1. The van der Waals surface area contributed by atoms with Crippen LogP contribution in [0.15, 0.2) is 84.4 Å². The number of anilines is 1. The molecule has 0 atom stereocenters. The van der Waals surface area contributed by atoms with Crippen molar-refractivity contribution in [2.75, 3.05) is 5.32 Å². The molecule has 0 aliphatic rings. The van der Waals surface area contributed by atoms with Gasteiger partial charge in [-0.05, 0) is 80.1 Å². The minimum atomic E-state index is -4.56. The number of benzene rings is 3. The largest absolute Gasteiger partial charge is 0.489 e. The summed E-state index contributed by atoms with van der Waals surface area (Å²) < 4.78 is 60.4. The number of nitrogens with one attached hydrogen (secondary N) is 1. The molecule has 1 amide bonds. The number of hydrogen-bond acceptors (Lipinski definition) is 3. The van der Waals surface area contributed by atoms with Gasteiger partial charge in [-0.25, -0.2) is 4.39 Å². The molecule has 39 heavy (non-hydrogen) atoms. The Bertz CT molecular complexity index is 1580. The third kappa shape index (κ3) is 6.36. The quantitative estimate of drug-likeness (QED) is 0.153. The highest BCUT2D eigenvalue weighted by Gasteiger charge is 2.30. The van der Waals surface area contributed by atoms with Gasteiger partial charge in [-0.2, -0.15) is 18.4 Å². The normalized spacial score (nSPS) is 11.7. The monoisotopic (exact) mass is 533 g/mol. The highest BCUT2D eigenvalue weighted by Crippen LogP contribution is 2.31. The van der Waals surface area contributed by atoms with Crippen LogP contribution in [0.4, 0.5) is 23.2 Å². The van der Waals surface area contributed by atoms with Gasteiger partial charge in [-0.15, -0.1) is 0 Å². The lowest BCUT2D eigenvalue weighted by Crippen LogP contribution is -2.14. The molecule has 1 aromatic heterocycles. The Morgan fingerprint density at radius 2 is 1.74 bits per heavy atom. The summed E-state index contributed by atoms with van der Waals surface area (Å²) in [7, 11) is 0. The van der Waals surface area contributed by atoms with Crippen molar-refractivity contribution < 1.29 is 27.1 Å². The van der Waals surface area contributed by atoms with Gasteiger partial charge in [0.05, 0.1) is 5.56 Å². The number of alkyl halides is 3. The molecule has 1 N–H and O–H groups in total. The molecule has 0 radical (unpaired) electrons. The number of aryl methyl sites for hydroxylation is 1. The van der Waals surface area contributed by atoms with E-state index in [2.05, 4.69) is 5.32 Å². The van der Waals surface area contributed by atoms with Gasteiger partial charge in [0.1, 0.15) is 29.8 Å². The average Bonchev–Trinajstić information content (AvgIpc) is 3.19. The Morgan fingerprint density at radius 3 is 2.41 bits per heavy atom. The Labute approximate surface area is 222 Å². The summed E-state index contributed by atoms with van der Waals surface area (Å²) in [4.78, 5) is 12.7. The fourth-order valence-electron chi connectivity index (χ4n) is 4.07. The standard InChI is InChI=1S/C30H23F4N3O2/c1-19-14-22(15-23(17-35)29(38)36-25-8-5-7-24(16-25)30(32,33)34)20(2)37(19)26-10-12-27(13-11-26)39-18-21-6-3-4-9-28(21)31/h3-16H,18H2,1-2H3,(H,36,38)/b23-15-. The lowest BCUT2D eigenvalue weighted by molar-refractivity contribution is -0.137. The molecule has 4 rings (SSSR count). The maximum absolute atomic E-state index is 13.8. The molecule has 0 saturated carbocycles. The maximum atomic E-state index is 13.8. The minimum absolute atomic E-state index is 0.0706. The van der Waals surface area contributed by atoms with Gasteiger partial charge in [-0.3, -0.25) is 4.79 Å². The van der Waals surface area contributed by atoms with Gasteiger partial charge in [0.25, 0.3) is 5.91 Å². The summed E-state index contributed by atoms with van der Waals surface area (Å²) >= 11 is 0. The molecule has 3 aromatic carbocycles. The van der Waals surface area contributed by atoms with E-state index in [0.717, 1.165) is 29.2 Å². The Hall–Kier alpha value is -4.84. The first-order chi connectivity index (χ1) is 18.6. The summed E-state index contributed by atoms with van der Waals surface area (Å²) in [6.07, 6.45) is -3.16. The molecule has 0 aliphatic carbocycles. The molecule has 0 bridgehead atoms. The van der Waals surface area contributed by atoms with Gasteiger partial charge in [0.2, 0.25) is 0 Å². The number of nitrogens with zero attached hydrogens (tertiary/aromatic N) is 2. The fourth-order valence-corrected chi connectivity index (χ4v) is 4.07. The summed E-state index contributed by atoms with van der Waals surface area (Å²) in [5.41, 5.74) is 2.18. The molecule has 4 aromatic rings. The second kappa shape index (κ2) is 11.3. The van der Waals surface area contributed by atoms with Gasteiger partial charge in [0.15, 0.2) is 0 Å². The summed E-state index contributed by atoms with van der Waals surface area (Å²) in [6, 6.07) is 21.4. The first-order valence-corrected chi connectivity index (χ1v) is 11.8. The molecule has 0 saturated heterocycles. The molecule has 9 heteroatoms. The predicted molar refractivity (Wildman–Crippen MR) is 140 cm³/mol. The van der Waals surface area contributed by atoms with Gasteiger partial charge in [0, 0.05) is 28.3 Å². The first-order valence-electron chi connectivity index (χ1n) is 11.8. The minimum Gasteiger partial charge on any atom is -0.489 e. The van der Waals surface area contributed by atoms with E-state index in [4.69, 9.17) is 4.74 Å². The number of aromatic nitrogens is 1. The molecule has 1 heterocycles. The molecule has 198 valence electrons. The molecule has 0 aliphatic heterocycles. The lowest BCUT2D eigenvalue weighted by Gasteiger charge is -2.12. The van der Waals surface area contributed by atoms with E-state index in [9.17, 15) is 27.6 Å². The smallest absolute Gasteiger partial charge is 0.416 e. The van der Waals surface area contributed by atoms with Crippen LogP contribution in [0.25, 0.3) is 11.8 Å². The number of nitriles is 1.